The van der Waals surface area contributed by atoms with Crippen LogP contribution in [0.4, 0.5) is 0 Å². The number of hydrogen-bond donors (Lipinski definition) is 1. The van der Waals surface area contributed by atoms with Gasteiger partial charge in [-0.2, -0.15) is 0 Å². The Kier molecular flexibility index (Phi) is 7.67. The Bertz CT molecular complexity index is 413. The minimum absolute atomic E-state index is 0. The summed E-state index contributed by atoms with van der Waals surface area (Å²) < 4.78 is 5.43. The maximum Gasteiger partial charge on any atom is 0.124 e. The van der Waals surface area contributed by atoms with E-state index in [1.165, 1.54) is 19.3 Å². The molecule has 5 heteroatoms. The molecule has 114 valence electrons. The Morgan fingerprint density at radius 2 is 2.20 bits per heavy atom. The summed E-state index contributed by atoms with van der Waals surface area (Å²) in [5.74, 6) is 0.879. The van der Waals surface area contributed by atoms with Crippen molar-refractivity contribution >= 4 is 24.0 Å². The number of ether oxygens (including phenoxy) is 1. The minimum Gasteiger partial charge on any atom is -0.496 e. The number of halogens is 2. The Labute approximate surface area is 132 Å². The number of piperidine rings is 1. The van der Waals surface area contributed by atoms with Gasteiger partial charge in [-0.1, -0.05) is 24.1 Å². The molecule has 1 heterocycles. The zero-order valence-corrected chi connectivity index (χ0v) is 13.6. The fourth-order valence-electron chi connectivity index (χ4n) is 2.87. The lowest BCUT2D eigenvalue weighted by atomic mass is 9.98. The summed E-state index contributed by atoms with van der Waals surface area (Å²) in [6, 6.07) is 6.42. The molecule has 1 aromatic carbocycles. The van der Waals surface area contributed by atoms with Gasteiger partial charge in [0.25, 0.3) is 0 Å². The predicted molar refractivity (Wildman–Crippen MR) is 87.0 cm³/mol. The number of rotatable bonds is 5. The molecule has 0 bridgehead atoms. The Morgan fingerprint density at radius 3 is 2.90 bits per heavy atom. The minimum atomic E-state index is 0. The second-order valence-electron chi connectivity index (χ2n) is 5.12. The van der Waals surface area contributed by atoms with Gasteiger partial charge in [-0.25, -0.2) is 0 Å². The topological polar surface area (TPSA) is 38.5 Å². The van der Waals surface area contributed by atoms with Crippen LogP contribution in [-0.4, -0.2) is 31.1 Å². The van der Waals surface area contributed by atoms with Gasteiger partial charge in [0.1, 0.15) is 5.75 Å². The molecule has 3 nitrogen and oxygen atoms in total. The Balaban J connectivity index is 0.00000200. The van der Waals surface area contributed by atoms with Crippen LogP contribution < -0.4 is 10.5 Å². The molecule has 0 amide bonds. The molecule has 1 aliphatic heterocycles. The average molecular weight is 319 g/mol. The molecule has 0 radical (unpaired) electrons. The third kappa shape index (κ3) is 4.26. The molecule has 1 atom stereocenters. The molecule has 0 aromatic heterocycles. The maximum absolute atomic E-state index is 6.32. The normalized spacial score (nSPS) is 19.4. The van der Waals surface area contributed by atoms with E-state index in [0.717, 1.165) is 42.4 Å². The number of benzene rings is 1. The van der Waals surface area contributed by atoms with Crippen molar-refractivity contribution in [3.05, 3.63) is 28.8 Å². The fourth-order valence-corrected chi connectivity index (χ4v) is 3.10. The summed E-state index contributed by atoms with van der Waals surface area (Å²) in [6.45, 7) is 2.73. The molecule has 0 saturated carbocycles. The van der Waals surface area contributed by atoms with E-state index >= 15 is 0 Å². The predicted octanol–water partition coefficient (Wildman–Crippen LogP) is 3.47. The summed E-state index contributed by atoms with van der Waals surface area (Å²) >= 11 is 6.32. The lowest BCUT2D eigenvalue weighted by Gasteiger charge is -2.36. The van der Waals surface area contributed by atoms with Crippen LogP contribution in [-0.2, 0) is 6.54 Å². The summed E-state index contributed by atoms with van der Waals surface area (Å²) in [4.78, 5) is 2.50. The van der Waals surface area contributed by atoms with Crippen LogP contribution in [0, 0.1) is 0 Å². The lowest BCUT2D eigenvalue weighted by molar-refractivity contribution is 0.133. The molecule has 1 unspecified atom stereocenters. The first-order valence-electron chi connectivity index (χ1n) is 7.01. The highest BCUT2D eigenvalue weighted by atomic mass is 35.5. The van der Waals surface area contributed by atoms with Gasteiger partial charge >= 0.3 is 0 Å². The summed E-state index contributed by atoms with van der Waals surface area (Å²) in [5.41, 5.74) is 6.82. The number of nitrogens with zero attached hydrogens (tertiary/aromatic N) is 1. The second-order valence-corrected chi connectivity index (χ2v) is 5.53. The van der Waals surface area contributed by atoms with E-state index in [-0.39, 0.29) is 12.4 Å². The van der Waals surface area contributed by atoms with Gasteiger partial charge in [0.2, 0.25) is 0 Å². The standard InChI is InChI=1S/C15H23ClN2O.ClH/c1-19-15-7-4-6-14(16)13(15)11-18-10-3-2-5-12(18)8-9-17;/h4,6-7,12H,2-3,5,8-11,17H2,1H3;1H. The Morgan fingerprint density at radius 1 is 1.40 bits per heavy atom. The fraction of sp³-hybridized carbons (Fsp3) is 0.600. The largest absolute Gasteiger partial charge is 0.496 e. The molecule has 0 aliphatic carbocycles. The van der Waals surface area contributed by atoms with E-state index in [1.54, 1.807) is 7.11 Å². The number of nitrogens with two attached hydrogens (primary N) is 1. The van der Waals surface area contributed by atoms with Gasteiger partial charge in [-0.05, 0) is 44.5 Å². The van der Waals surface area contributed by atoms with Crippen molar-refractivity contribution in [2.45, 2.75) is 38.3 Å². The van der Waals surface area contributed by atoms with Crippen LogP contribution in [0.1, 0.15) is 31.2 Å². The van der Waals surface area contributed by atoms with E-state index in [4.69, 9.17) is 22.1 Å². The van der Waals surface area contributed by atoms with Crippen molar-refractivity contribution in [3.63, 3.8) is 0 Å². The molecule has 0 spiro atoms. The van der Waals surface area contributed by atoms with Crippen molar-refractivity contribution in [1.29, 1.82) is 0 Å². The second kappa shape index (κ2) is 8.73. The van der Waals surface area contributed by atoms with Gasteiger partial charge in [0, 0.05) is 23.2 Å². The maximum atomic E-state index is 6.32. The zero-order valence-electron chi connectivity index (χ0n) is 12.0. The van der Waals surface area contributed by atoms with Crippen LogP contribution >= 0.6 is 24.0 Å². The van der Waals surface area contributed by atoms with Gasteiger partial charge in [0.15, 0.2) is 0 Å². The van der Waals surface area contributed by atoms with Crippen LogP contribution in [0.15, 0.2) is 18.2 Å². The van der Waals surface area contributed by atoms with Gasteiger partial charge in [0.05, 0.1) is 7.11 Å². The monoisotopic (exact) mass is 318 g/mol. The highest BCUT2D eigenvalue weighted by Crippen LogP contribution is 2.30. The molecule has 1 aliphatic rings. The SMILES string of the molecule is COc1cccc(Cl)c1CN1CCCCC1CCN.Cl. The smallest absolute Gasteiger partial charge is 0.124 e. The van der Waals surface area contributed by atoms with Crippen molar-refractivity contribution in [3.8, 4) is 5.75 Å². The molecule has 1 aromatic rings. The van der Waals surface area contributed by atoms with Crippen molar-refractivity contribution in [2.24, 2.45) is 5.73 Å². The average Bonchev–Trinajstić information content (AvgIpc) is 2.43. The van der Waals surface area contributed by atoms with E-state index in [2.05, 4.69) is 4.90 Å². The molecular formula is C15H24Cl2N2O. The van der Waals surface area contributed by atoms with Crippen LogP contribution in [0.5, 0.6) is 5.75 Å². The number of likely N-dealkylation sites (tertiary alicyclic amines) is 1. The molecule has 1 saturated heterocycles. The summed E-state index contributed by atoms with van der Waals surface area (Å²) in [5, 5.41) is 0.788. The first kappa shape index (κ1) is 17.6. The van der Waals surface area contributed by atoms with Gasteiger partial charge in [-0.15, -0.1) is 12.4 Å². The van der Waals surface area contributed by atoms with Crippen molar-refractivity contribution < 1.29 is 4.74 Å². The third-order valence-electron chi connectivity index (χ3n) is 3.91. The zero-order chi connectivity index (χ0) is 13.7. The molecule has 20 heavy (non-hydrogen) atoms. The van der Waals surface area contributed by atoms with E-state index < -0.39 is 0 Å². The highest BCUT2D eigenvalue weighted by Gasteiger charge is 2.23. The Hall–Kier alpha value is -0.480. The van der Waals surface area contributed by atoms with Crippen LogP contribution in [0.3, 0.4) is 0 Å². The van der Waals surface area contributed by atoms with E-state index in [9.17, 15) is 0 Å². The number of methoxy groups -OCH3 is 1. The van der Waals surface area contributed by atoms with Gasteiger partial charge < -0.3 is 10.5 Å². The van der Waals surface area contributed by atoms with Crippen molar-refractivity contribution in [2.75, 3.05) is 20.2 Å². The third-order valence-corrected chi connectivity index (χ3v) is 4.26. The van der Waals surface area contributed by atoms with Crippen LogP contribution in [0.25, 0.3) is 0 Å². The molecular weight excluding hydrogens is 295 g/mol. The van der Waals surface area contributed by atoms with Crippen molar-refractivity contribution in [1.82, 2.24) is 4.90 Å². The van der Waals surface area contributed by atoms with Gasteiger partial charge in [-0.3, -0.25) is 4.90 Å². The van der Waals surface area contributed by atoms with E-state index in [1.807, 2.05) is 18.2 Å². The highest BCUT2D eigenvalue weighted by molar-refractivity contribution is 6.31. The molecule has 2 rings (SSSR count). The molecule has 2 N–H and O–H groups in total. The molecule has 1 fully saturated rings. The first-order chi connectivity index (χ1) is 9.26. The first-order valence-corrected chi connectivity index (χ1v) is 7.39. The summed E-state index contributed by atoms with van der Waals surface area (Å²) in [7, 11) is 1.70. The lowest BCUT2D eigenvalue weighted by Crippen LogP contribution is -2.40. The van der Waals surface area contributed by atoms with Crippen LogP contribution in [0.2, 0.25) is 5.02 Å². The quantitative estimate of drug-likeness (QED) is 0.903. The number of hydrogen-bond acceptors (Lipinski definition) is 3. The van der Waals surface area contributed by atoms with E-state index in [0.29, 0.717) is 6.04 Å². The summed E-state index contributed by atoms with van der Waals surface area (Å²) in [6.07, 6.45) is 4.87.